The molecule has 0 radical (unpaired) electrons. The maximum Gasteiger partial charge on any atom is 0.303 e. The predicted molar refractivity (Wildman–Crippen MR) is 59.4 cm³/mol. The molecule has 94 valence electrons. The number of carboxylic acid groups (broad SMARTS) is 1. The van der Waals surface area contributed by atoms with Crippen LogP contribution in [0, 0.1) is 5.92 Å². The van der Waals surface area contributed by atoms with Gasteiger partial charge in [0.25, 0.3) is 0 Å². The molecule has 17 heavy (non-hydrogen) atoms. The lowest BCUT2D eigenvalue weighted by Crippen LogP contribution is -2.46. The molecule has 0 aromatic carbocycles. The zero-order valence-corrected chi connectivity index (χ0v) is 10.1. The van der Waals surface area contributed by atoms with Gasteiger partial charge in [0.1, 0.15) is 0 Å². The topological polar surface area (TPSA) is 79.5 Å². The van der Waals surface area contributed by atoms with Gasteiger partial charge in [-0.3, -0.25) is 9.69 Å². The van der Waals surface area contributed by atoms with E-state index >= 15 is 0 Å². The van der Waals surface area contributed by atoms with Crippen LogP contribution in [0.2, 0.25) is 0 Å². The third-order valence-electron chi connectivity index (χ3n) is 2.84. The minimum Gasteiger partial charge on any atom is -0.481 e. The van der Waals surface area contributed by atoms with Crippen molar-refractivity contribution in [2.24, 2.45) is 5.92 Å². The number of carbonyl (C=O) groups is 1. The average Bonchev–Trinajstić information content (AvgIpc) is 2.62. The third kappa shape index (κ3) is 3.03. The van der Waals surface area contributed by atoms with Crippen LogP contribution in [0.5, 0.6) is 0 Å². The molecule has 0 unspecified atom stereocenters. The highest BCUT2D eigenvalue weighted by Crippen LogP contribution is 2.21. The molecule has 0 atom stereocenters. The van der Waals surface area contributed by atoms with Crippen LogP contribution in [0.15, 0.2) is 4.52 Å². The predicted octanol–water partition coefficient (Wildman–Crippen LogP) is 1.10. The van der Waals surface area contributed by atoms with Crippen molar-refractivity contribution in [2.45, 2.75) is 32.7 Å². The lowest BCUT2D eigenvalue weighted by molar-refractivity contribution is -0.139. The summed E-state index contributed by atoms with van der Waals surface area (Å²) in [6, 6.07) is 0. The van der Waals surface area contributed by atoms with Crippen LogP contribution >= 0.6 is 0 Å². The fraction of sp³-hybridized carbons (Fsp3) is 0.727. The van der Waals surface area contributed by atoms with E-state index in [1.165, 1.54) is 0 Å². The maximum absolute atomic E-state index is 10.5. The lowest BCUT2D eigenvalue weighted by atomic mass is 9.96. The van der Waals surface area contributed by atoms with Crippen molar-refractivity contribution in [3.8, 4) is 0 Å². The number of aromatic nitrogens is 2. The van der Waals surface area contributed by atoms with Crippen LogP contribution in [0.3, 0.4) is 0 Å². The first-order valence-corrected chi connectivity index (χ1v) is 5.81. The molecule has 1 fully saturated rings. The highest BCUT2D eigenvalue weighted by molar-refractivity contribution is 5.67. The number of hydrogen-bond acceptors (Lipinski definition) is 5. The van der Waals surface area contributed by atoms with Crippen LogP contribution < -0.4 is 0 Å². The second-order valence-electron chi connectivity index (χ2n) is 4.86. The Morgan fingerprint density at radius 1 is 1.59 bits per heavy atom. The van der Waals surface area contributed by atoms with Gasteiger partial charge >= 0.3 is 5.97 Å². The van der Waals surface area contributed by atoms with Gasteiger partial charge in [-0.15, -0.1) is 0 Å². The van der Waals surface area contributed by atoms with Gasteiger partial charge in [0, 0.05) is 19.0 Å². The first-order chi connectivity index (χ1) is 8.04. The zero-order valence-electron chi connectivity index (χ0n) is 10.1. The molecular weight excluding hydrogens is 222 g/mol. The lowest BCUT2D eigenvalue weighted by Gasteiger charge is -2.37. The van der Waals surface area contributed by atoms with Gasteiger partial charge in [-0.1, -0.05) is 19.0 Å². The Morgan fingerprint density at radius 3 is 2.82 bits per heavy atom. The second-order valence-corrected chi connectivity index (χ2v) is 4.86. The molecule has 0 aliphatic carbocycles. The number of nitrogens with zero attached hydrogens (tertiary/aromatic N) is 3. The summed E-state index contributed by atoms with van der Waals surface area (Å²) in [7, 11) is 0. The van der Waals surface area contributed by atoms with Crippen LogP contribution in [0.4, 0.5) is 0 Å². The van der Waals surface area contributed by atoms with Gasteiger partial charge in [-0.25, -0.2) is 0 Å². The van der Waals surface area contributed by atoms with E-state index < -0.39 is 5.97 Å². The van der Waals surface area contributed by atoms with E-state index in [2.05, 4.69) is 15.0 Å². The Hall–Kier alpha value is -1.43. The number of likely N-dealkylation sites (tertiary alicyclic amines) is 1. The van der Waals surface area contributed by atoms with Crippen molar-refractivity contribution in [2.75, 3.05) is 13.1 Å². The summed E-state index contributed by atoms with van der Waals surface area (Å²) >= 11 is 0. The van der Waals surface area contributed by atoms with Crippen molar-refractivity contribution in [3.05, 3.63) is 11.7 Å². The summed E-state index contributed by atoms with van der Waals surface area (Å²) in [4.78, 5) is 16.9. The van der Waals surface area contributed by atoms with Crippen LogP contribution in [-0.2, 0) is 11.3 Å². The number of carboxylic acids is 1. The van der Waals surface area contributed by atoms with E-state index in [9.17, 15) is 4.79 Å². The molecule has 1 saturated heterocycles. The standard InChI is InChI=1S/C11H17N3O3/c1-7(2)11-12-9(13-17-11)6-14-4-8(5-14)3-10(15)16/h7-8H,3-6H2,1-2H3,(H,15,16). The first kappa shape index (κ1) is 12.0. The summed E-state index contributed by atoms with van der Waals surface area (Å²) in [6.07, 6.45) is 0.250. The molecule has 0 saturated carbocycles. The van der Waals surface area contributed by atoms with Crippen LogP contribution in [0.1, 0.15) is 37.9 Å². The zero-order chi connectivity index (χ0) is 12.4. The van der Waals surface area contributed by atoms with E-state index in [1.807, 2.05) is 13.8 Å². The molecule has 0 amide bonds. The van der Waals surface area contributed by atoms with Crippen molar-refractivity contribution in [1.82, 2.24) is 15.0 Å². The van der Waals surface area contributed by atoms with Gasteiger partial charge in [-0.05, 0) is 5.92 Å². The highest BCUT2D eigenvalue weighted by atomic mass is 16.5. The van der Waals surface area contributed by atoms with Gasteiger partial charge in [0.05, 0.1) is 13.0 Å². The quantitative estimate of drug-likeness (QED) is 0.828. The maximum atomic E-state index is 10.5. The minimum absolute atomic E-state index is 0.243. The molecular formula is C11H17N3O3. The number of hydrogen-bond donors (Lipinski definition) is 1. The molecule has 1 aliphatic heterocycles. The van der Waals surface area contributed by atoms with Gasteiger partial charge < -0.3 is 9.63 Å². The van der Waals surface area contributed by atoms with Crippen molar-refractivity contribution in [3.63, 3.8) is 0 Å². The first-order valence-electron chi connectivity index (χ1n) is 5.81. The van der Waals surface area contributed by atoms with Gasteiger partial charge in [0.15, 0.2) is 5.82 Å². The van der Waals surface area contributed by atoms with E-state index in [0.29, 0.717) is 18.3 Å². The van der Waals surface area contributed by atoms with E-state index in [0.717, 1.165) is 13.1 Å². The third-order valence-corrected chi connectivity index (χ3v) is 2.84. The van der Waals surface area contributed by atoms with E-state index in [-0.39, 0.29) is 18.3 Å². The summed E-state index contributed by atoms with van der Waals surface area (Å²) in [5, 5.41) is 12.5. The molecule has 1 aromatic heterocycles. The summed E-state index contributed by atoms with van der Waals surface area (Å²) in [6.45, 7) is 6.26. The Labute approximate surface area is 99.6 Å². The largest absolute Gasteiger partial charge is 0.481 e. The smallest absolute Gasteiger partial charge is 0.303 e. The van der Waals surface area contributed by atoms with Gasteiger partial charge in [0.2, 0.25) is 5.89 Å². The molecule has 6 heteroatoms. The van der Waals surface area contributed by atoms with Crippen LogP contribution in [-0.4, -0.2) is 39.2 Å². The van der Waals surface area contributed by atoms with E-state index in [4.69, 9.17) is 9.63 Å². The monoisotopic (exact) mass is 239 g/mol. The minimum atomic E-state index is -0.726. The summed E-state index contributed by atoms with van der Waals surface area (Å²) in [5.74, 6) is 1.12. The Bertz CT molecular complexity index is 396. The molecule has 1 aliphatic rings. The fourth-order valence-corrected chi connectivity index (χ4v) is 1.95. The van der Waals surface area contributed by atoms with Crippen molar-refractivity contribution >= 4 is 5.97 Å². The number of aliphatic carboxylic acids is 1. The molecule has 0 bridgehead atoms. The van der Waals surface area contributed by atoms with Crippen LogP contribution in [0.25, 0.3) is 0 Å². The molecule has 0 spiro atoms. The average molecular weight is 239 g/mol. The van der Waals surface area contributed by atoms with E-state index in [1.54, 1.807) is 0 Å². The summed E-state index contributed by atoms with van der Waals surface area (Å²) < 4.78 is 5.11. The fourth-order valence-electron chi connectivity index (χ4n) is 1.95. The second kappa shape index (κ2) is 4.83. The molecule has 1 N–H and O–H groups in total. The normalized spacial score (nSPS) is 17.4. The highest BCUT2D eigenvalue weighted by Gasteiger charge is 2.29. The molecule has 2 heterocycles. The Morgan fingerprint density at radius 2 is 2.29 bits per heavy atom. The molecule has 1 aromatic rings. The Balaban J connectivity index is 1.77. The Kier molecular flexibility index (Phi) is 3.42. The molecule has 2 rings (SSSR count). The van der Waals surface area contributed by atoms with Crippen molar-refractivity contribution < 1.29 is 14.4 Å². The molecule has 6 nitrogen and oxygen atoms in total. The summed E-state index contributed by atoms with van der Waals surface area (Å²) in [5.41, 5.74) is 0. The van der Waals surface area contributed by atoms with Crippen molar-refractivity contribution in [1.29, 1.82) is 0 Å². The SMILES string of the molecule is CC(C)c1nc(CN2CC(CC(=O)O)C2)no1. The number of rotatable bonds is 5. The van der Waals surface area contributed by atoms with Gasteiger partial charge in [-0.2, -0.15) is 4.98 Å².